The van der Waals surface area contributed by atoms with E-state index in [0.717, 1.165) is 11.7 Å². The van der Waals surface area contributed by atoms with Crippen molar-refractivity contribution in [3.8, 4) is 0 Å². The maximum atomic E-state index is 11.3. The third-order valence-electron chi connectivity index (χ3n) is 2.79. The lowest BCUT2D eigenvalue weighted by Crippen LogP contribution is -2.29. The Hall–Kier alpha value is -0.180. The third-order valence-corrected chi connectivity index (χ3v) is 4.49. The first kappa shape index (κ1) is 9.38. The Morgan fingerprint density at radius 2 is 2.23 bits per heavy atom. The van der Waals surface area contributed by atoms with E-state index in [9.17, 15) is 4.79 Å². The summed E-state index contributed by atoms with van der Waals surface area (Å²) in [5, 5.41) is 1.38. The van der Waals surface area contributed by atoms with Gasteiger partial charge in [-0.15, -0.1) is 0 Å². The second-order valence-electron chi connectivity index (χ2n) is 4.24. The van der Waals surface area contributed by atoms with Crippen LogP contribution in [0.15, 0.2) is 0 Å². The molecule has 3 unspecified atom stereocenters. The second-order valence-corrected chi connectivity index (χ2v) is 5.78. The number of hydrogen-bond acceptors (Lipinski definition) is 3. The molecule has 0 aliphatic carbocycles. The lowest BCUT2D eigenvalue weighted by molar-refractivity contribution is -0.153. The summed E-state index contributed by atoms with van der Waals surface area (Å²) in [5.74, 6) is -0.0118. The van der Waals surface area contributed by atoms with Gasteiger partial charge in [0.05, 0.1) is 5.92 Å². The molecule has 13 heavy (non-hydrogen) atoms. The Morgan fingerprint density at radius 1 is 1.46 bits per heavy atom. The monoisotopic (exact) mass is 200 g/mol. The topological polar surface area (TPSA) is 26.3 Å². The molecule has 0 N–H and O–H groups in total. The summed E-state index contributed by atoms with van der Waals surface area (Å²) in [6, 6.07) is 0. The summed E-state index contributed by atoms with van der Waals surface area (Å²) in [4.78, 5) is 11.3. The molecule has 2 fully saturated rings. The highest BCUT2D eigenvalue weighted by atomic mass is 32.2. The maximum Gasteiger partial charge on any atom is 0.308 e. The Bertz CT molecular complexity index is 215. The molecule has 0 aromatic heterocycles. The Balaban J connectivity index is 1.86. The van der Waals surface area contributed by atoms with Gasteiger partial charge in [0.15, 0.2) is 0 Å². The number of hydrogen-bond donors (Lipinski definition) is 0. The first-order valence-electron chi connectivity index (χ1n) is 5.03. The first-order chi connectivity index (χ1) is 6.16. The van der Waals surface area contributed by atoms with Crippen molar-refractivity contribution >= 4 is 17.7 Å². The molecule has 0 radical (unpaired) electrons. The number of carbonyl (C=O) groups excluding carboxylic acids is 1. The van der Waals surface area contributed by atoms with Gasteiger partial charge in [-0.05, 0) is 19.3 Å². The quantitative estimate of drug-likeness (QED) is 0.639. The van der Waals surface area contributed by atoms with E-state index < -0.39 is 0 Å². The SMILES string of the molecule is CC(C)C(=O)OC1CC2CCC1S2. The fraction of sp³-hybridized carbons (Fsp3) is 0.900. The van der Waals surface area contributed by atoms with Crippen LogP contribution in [0.1, 0.15) is 33.1 Å². The summed E-state index contributed by atoms with van der Waals surface area (Å²) >= 11 is 2.02. The number of rotatable bonds is 2. The van der Waals surface area contributed by atoms with Crippen LogP contribution in [0.3, 0.4) is 0 Å². The van der Waals surface area contributed by atoms with Crippen LogP contribution in [0.25, 0.3) is 0 Å². The second kappa shape index (κ2) is 3.52. The first-order valence-corrected chi connectivity index (χ1v) is 5.97. The largest absolute Gasteiger partial charge is 0.461 e. The van der Waals surface area contributed by atoms with Crippen molar-refractivity contribution in [3.63, 3.8) is 0 Å². The van der Waals surface area contributed by atoms with Crippen LogP contribution in [-0.4, -0.2) is 22.6 Å². The van der Waals surface area contributed by atoms with Gasteiger partial charge < -0.3 is 4.74 Å². The predicted molar refractivity (Wildman–Crippen MR) is 53.7 cm³/mol. The number of thioether (sulfide) groups is 1. The molecule has 74 valence electrons. The van der Waals surface area contributed by atoms with Crippen molar-refractivity contribution in [3.05, 3.63) is 0 Å². The van der Waals surface area contributed by atoms with Crippen molar-refractivity contribution in [2.24, 2.45) is 5.92 Å². The average molecular weight is 200 g/mol. The molecule has 2 heterocycles. The van der Waals surface area contributed by atoms with Gasteiger partial charge in [-0.3, -0.25) is 4.79 Å². The highest BCUT2D eigenvalue weighted by molar-refractivity contribution is 8.01. The lowest BCUT2D eigenvalue weighted by Gasteiger charge is -2.21. The molecule has 0 saturated carbocycles. The smallest absolute Gasteiger partial charge is 0.308 e. The zero-order chi connectivity index (χ0) is 9.42. The molecule has 3 atom stereocenters. The highest BCUT2D eigenvalue weighted by Crippen LogP contribution is 2.47. The minimum atomic E-state index is -0.0295. The van der Waals surface area contributed by atoms with E-state index in [1.165, 1.54) is 12.8 Å². The minimum Gasteiger partial charge on any atom is -0.461 e. The number of ether oxygens (including phenoxy) is 1. The number of esters is 1. The van der Waals surface area contributed by atoms with Crippen molar-refractivity contribution in [2.75, 3.05) is 0 Å². The molecular weight excluding hydrogens is 184 g/mol. The van der Waals surface area contributed by atoms with E-state index in [0.29, 0.717) is 5.25 Å². The summed E-state index contributed by atoms with van der Waals surface area (Å²) in [6.45, 7) is 3.78. The minimum absolute atomic E-state index is 0.0177. The van der Waals surface area contributed by atoms with E-state index >= 15 is 0 Å². The predicted octanol–water partition coefficient (Wildman–Crippen LogP) is 2.22. The summed E-state index contributed by atoms with van der Waals surface area (Å²) in [5.41, 5.74) is 0. The van der Waals surface area contributed by atoms with Crippen molar-refractivity contribution in [2.45, 2.75) is 49.7 Å². The van der Waals surface area contributed by atoms with Gasteiger partial charge in [0.1, 0.15) is 6.10 Å². The molecule has 2 aliphatic heterocycles. The molecule has 0 amide bonds. The average Bonchev–Trinajstić information content (AvgIpc) is 2.64. The van der Waals surface area contributed by atoms with Crippen molar-refractivity contribution in [1.29, 1.82) is 0 Å². The molecule has 2 saturated heterocycles. The molecule has 2 rings (SSSR count). The van der Waals surface area contributed by atoms with Crippen LogP contribution in [0.5, 0.6) is 0 Å². The molecule has 2 nitrogen and oxygen atoms in total. The van der Waals surface area contributed by atoms with Crippen LogP contribution in [0.4, 0.5) is 0 Å². The number of carbonyl (C=O) groups is 1. The highest BCUT2D eigenvalue weighted by Gasteiger charge is 2.42. The van der Waals surface area contributed by atoms with Gasteiger partial charge in [-0.1, -0.05) is 13.8 Å². The van der Waals surface area contributed by atoms with Gasteiger partial charge >= 0.3 is 5.97 Å². The van der Waals surface area contributed by atoms with Crippen LogP contribution >= 0.6 is 11.8 Å². The van der Waals surface area contributed by atoms with Crippen LogP contribution in [-0.2, 0) is 9.53 Å². The number of fused-ring (bicyclic) bond motifs is 2. The van der Waals surface area contributed by atoms with Gasteiger partial charge in [-0.2, -0.15) is 11.8 Å². The van der Waals surface area contributed by atoms with Gasteiger partial charge in [0.25, 0.3) is 0 Å². The van der Waals surface area contributed by atoms with Gasteiger partial charge in [-0.25, -0.2) is 0 Å². The Morgan fingerprint density at radius 3 is 2.69 bits per heavy atom. The summed E-state index contributed by atoms with van der Waals surface area (Å²) in [6.07, 6.45) is 3.88. The van der Waals surface area contributed by atoms with Crippen molar-refractivity contribution < 1.29 is 9.53 Å². The summed E-state index contributed by atoms with van der Waals surface area (Å²) < 4.78 is 5.45. The van der Waals surface area contributed by atoms with Crippen LogP contribution in [0.2, 0.25) is 0 Å². The van der Waals surface area contributed by atoms with E-state index in [1.807, 2.05) is 25.6 Å². The zero-order valence-corrected chi connectivity index (χ0v) is 8.97. The lowest BCUT2D eigenvalue weighted by atomic mass is 9.98. The molecule has 0 aromatic carbocycles. The molecule has 2 bridgehead atoms. The summed E-state index contributed by atoms with van der Waals surface area (Å²) in [7, 11) is 0. The normalized spacial score (nSPS) is 37.0. The van der Waals surface area contributed by atoms with Crippen LogP contribution in [0, 0.1) is 5.92 Å². The fourth-order valence-corrected chi connectivity index (χ4v) is 3.68. The van der Waals surface area contributed by atoms with E-state index in [4.69, 9.17) is 4.74 Å². The van der Waals surface area contributed by atoms with E-state index in [2.05, 4.69) is 0 Å². The van der Waals surface area contributed by atoms with Crippen LogP contribution < -0.4 is 0 Å². The van der Waals surface area contributed by atoms with Gasteiger partial charge in [0, 0.05) is 10.5 Å². The molecular formula is C10H16O2S. The zero-order valence-electron chi connectivity index (χ0n) is 8.16. The third kappa shape index (κ3) is 1.85. The molecule has 2 aliphatic rings. The Kier molecular flexibility index (Phi) is 2.54. The Labute approximate surface area is 83.4 Å². The molecule has 0 aromatic rings. The van der Waals surface area contributed by atoms with E-state index in [-0.39, 0.29) is 18.0 Å². The maximum absolute atomic E-state index is 11.3. The van der Waals surface area contributed by atoms with E-state index in [1.54, 1.807) is 0 Å². The fourth-order valence-electron chi connectivity index (χ4n) is 2.00. The standard InChI is InChI=1S/C10H16O2S/c1-6(2)10(11)12-8-5-7-3-4-9(8)13-7/h6-9H,3-5H2,1-2H3. The molecule has 0 spiro atoms. The molecule has 3 heteroatoms. The van der Waals surface area contributed by atoms with Gasteiger partial charge in [0.2, 0.25) is 0 Å². The van der Waals surface area contributed by atoms with Crippen molar-refractivity contribution in [1.82, 2.24) is 0 Å².